The maximum absolute atomic E-state index is 13.3. The highest BCUT2D eigenvalue weighted by atomic mass is 16.7. The Kier molecular flexibility index (Phi) is 4.74. The van der Waals surface area contributed by atoms with E-state index in [-0.39, 0.29) is 18.8 Å². The van der Waals surface area contributed by atoms with Gasteiger partial charge in [0.2, 0.25) is 0 Å². The van der Waals surface area contributed by atoms with Crippen LogP contribution in [0.4, 0.5) is 0 Å². The van der Waals surface area contributed by atoms with Crippen LogP contribution in [-0.4, -0.2) is 78.6 Å². The number of rotatable bonds is 0. The molecule has 0 aromatic heterocycles. The molecule has 9 heteroatoms. The summed E-state index contributed by atoms with van der Waals surface area (Å²) in [6, 6.07) is 0. The monoisotopic (exact) mass is 500 g/mol. The van der Waals surface area contributed by atoms with Gasteiger partial charge in [-0.15, -0.1) is 0 Å². The Balaban J connectivity index is 1.30. The number of cyclic esters (lactones) is 1. The standard InChI is InChI=1S/C27H32O9/c1-15-7-8-25-13-32-23(30)22-26(36-22)9-10-31-16(21(26)29)5-3-4-6-20(28)35-17-12-19(34-18(25)11-15)27(14-33-27)24(17,25)2/h4-6,11,17-19,21-22,29H,3,7-10,12-14H2,1-2H3/b6-4-,16-5-/t17-,18-,19-,21-,22+,24-,25-,26-,27+/m1/s1. The zero-order valence-corrected chi connectivity index (χ0v) is 20.6. The van der Waals surface area contributed by atoms with Gasteiger partial charge in [-0.25, -0.2) is 9.59 Å². The lowest BCUT2D eigenvalue weighted by Gasteiger charge is -2.58. The van der Waals surface area contributed by atoms with Crippen molar-refractivity contribution in [2.75, 3.05) is 19.8 Å². The first-order chi connectivity index (χ1) is 17.3. The Bertz CT molecular complexity index is 1100. The van der Waals surface area contributed by atoms with Crippen LogP contribution >= 0.6 is 0 Å². The number of fused-ring (bicyclic) bond motifs is 1. The van der Waals surface area contributed by atoms with Gasteiger partial charge in [0.25, 0.3) is 0 Å². The van der Waals surface area contributed by atoms with Crippen LogP contribution in [0.2, 0.25) is 0 Å². The van der Waals surface area contributed by atoms with Crippen molar-refractivity contribution >= 4 is 11.9 Å². The van der Waals surface area contributed by atoms with E-state index in [2.05, 4.69) is 19.9 Å². The Morgan fingerprint density at radius 2 is 1.94 bits per heavy atom. The van der Waals surface area contributed by atoms with Gasteiger partial charge in [0, 0.05) is 24.3 Å². The summed E-state index contributed by atoms with van der Waals surface area (Å²) in [7, 11) is 0. The highest BCUT2D eigenvalue weighted by molar-refractivity contribution is 5.82. The summed E-state index contributed by atoms with van der Waals surface area (Å²) in [5.41, 5.74) is -1.63. The largest absolute Gasteiger partial charge is 0.495 e. The second-order valence-corrected chi connectivity index (χ2v) is 11.6. The predicted octanol–water partition coefficient (Wildman–Crippen LogP) is 1.88. The Morgan fingerprint density at radius 1 is 1.11 bits per heavy atom. The van der Waals surface area contributed by atoms with Gasteiger partial charge in [-0.2, -0.15) is 0 Å². The van der Waals surface area contributed by atoms with Crippen molar-refractivity contribution in [2.45, 2.75) is 87.7 Å². The molecule has 0 unspecified atom stereocenters. The fourth-order valence-electron chi connectivity index (χ4n) is 7.72. The van der Waals surface area contributed by atoms with Crippen molar-refractivity contribution in [3.8, 4) is 0 Å². The van der Waals surface area contributed by atoms with E-state index >= 15 is 0 Å². The minimum absolute atomic E-state index is 0.0870. The summed E-state index contributed by atoms with van der Waals surface area (Å²) in [6.45, 7) is 5.14. The summed E-state index contributed by atoms with van der Waals surface area (Å²) in [5, 5.41) is 10.9. The summed E-state index contributed by atoms with van der Waals surface area (Å²) >= 11 is 0. The maximum Gasteiger partial charge on any atom is 0.338 e. The van der Waals surface area contributed by atoms with Gasteiger partial charge >= 0.3 is 11.9 Å². The molecule has 0 aromatic rings. The van der Waals surface area contributed by atoms with Crippen molar-refractivity contribution in [3.63, 3.8) is 0 Å². The maximum atomic E-state index is 13.3. The van der Waals surface area contributed by atoms with E-state index in [0.29, 0.717) is 44.7 Å². The lowest BCUT2D eigenvalue weighted by atomic mass is 9.51. The van der Waals surface area contributed by atoms with E-state index in [1.807, 2.05) is 0 Å². The van der Waals surface area contributed by atoms with E-state index in [4.69, 9.17) is 28.4 Å². The number of carbonyl (C=O) groups excluding carboxylic acids is 2. The molecule has 4 saturated heterocycles. The van der Waals surface area contributed by atoms with E-state index in [9.17, 15) is 14.7 Å². The first-order valence-corrected chi connectivity index (χ1v) is 13.0. The second kappa shape index (κ2) is 7.43. The van der Waals surface area contributed by atoms with Crippen LogP contribution in [0.25, 0.3) is 0 Å². The highest BCUT2D eigenvalue weighted by Gasteiger charge is 2.83. The number of carbonyl (C=O) groups is 2. The first-order valence-electron chi connectivity index (χ1n) is 13.0. The Labute approximate surface area is 209 Å². The van der Waals surface area contributed by atoms with Gasteiger partial charge in [0.15, 0.2) is 6.10 Å². The minimum Gasteiger partial charge on any atom is -0.495 e. The van der Waals surface area contributed by atoms with E-state index in [1.54, 1.807) is 12.2 Å². The molecule has 1 N–H and O–H groups in total. The van der Waals surface area contributed by atoms with Crippen LogP contribution in [0.3, 0.4) is 0 Å². The normalized spacial score (nSPS) is 53.5. The van der Waals surface area contributed by atoms with Crippen LogP contribution in [-0.2, 0) is 38.0 Å². The third-order valence-electron chi connectivity index (χ3n) is 10.1. The van der Waals surface area contributed by atoms with E-state index in [0.717, 1.165) is 6.42 Å². The molecule has 0 radical (unpaired) electrons. The number of aliphatic hydroxyl groups is 1. The zero-order chi connectivity index (χ0) is 24.9. The van der Waals surface area contributed by atoms with E-state index in [1.165, 1.54) is 11.6 Å². The number of ether oxygens (including phenoxy) is 6. The molecule has 0 aromatic carbocycles. The average molecular weight is 501 g/mol. The molecule has 194 valence electrons. The first kappa shape index (κ1) is 23.0. The van der Waals surface area contributed by atoms with E-state index < -0.39 is 52.3 Å². The minimum atomic E-state index is -1.08. The molecule has 5 aliphatic heterocycles. The van der Waals surface area contributed by atoms with Gasteiger partial charge in [0.05, 0.1) is 30.8 Å². The van der Waals surface area contributed by atoms with Crippen molar-refractivity contribution in [2.24, 2.45) is 10.8 Å². The van der Waals surface area contributed by atoms with Crippen LogP contribution in [0.5, 0.6) is 0 Å². The molecule has 5 heterocycles. The molecule has 2 aliphatic carbocycles. The van der Waals surface area contributed by atoms with Crippen molar-refractivity contribution in [1.29, 1.82) is 0 Å². The molecule has 7 aliphatic rings. The number of hydrogen-bond donors (Lipinski definition) is 1. The topological polar surface area (TPSA) is 116 Å². The number of allylic oxidation sites excluding steroid dienone is 3. The lowest BCUT2D eigenvalue weighted by Crippen LogP contribution is -2.66. The lowest BCUT2D eigenvalue weighted by molar-refractivity contribution is -0.233. The van der Waals surface area contributed by atoms with Crippen LogP contribution < -0.4 is 0 Å². The number of hydrogen-bond acceptors (Lipinski definition) is 9. The molecule has 9 atom stereocenters. The Hall–Kier alpha value is -2.20. The van der Waals surface area contributed by atoms with Gasteiger partial charge < -0.3 is 33.5 Å². The fourth-order valence-corrected chi connectivity index (χ4v) is 7.72. The molecular weight excluding hydrogens is 468 g/mol. The summed E-state index contributed by atoms with van der Waals surface area (Å²) in [6.07, 6.45) is 6.90. The zero-order valence-electron chi connectivity index (χ0n) is 20.6. The molecule has 36 heavy (non-hydrogen) atoms. The fraction of sp³-hybridized carbons (Fsp3) is 0.704. The SMILES string of the molecule is CC1=C[C@H]2O[C@@H]3C[C@H]4OC(=O)/C=C\C/C=C5\OCC[C@@]6(O[C@H]6C(=O)OC[C@@]2(CC1)[C@]4(C)[C@]31CO1)[C@@H]5O. The molecule has 5 fully saturated rings. The number of esters is 2. The molecule has 9 nitrogen and oxygen atoms in total. The Morgan fingerprint density at radius 3 is 2.75 bits per heavy atom. The quantitative estimate of drug-likeness (QED) is 0.302. The summed E-state index contributed by atoms with van der Waals surface area (Å²) in [4.78, 5) is 26.2. The van der Waals surface area contributed by atoms with Gasteiger partial charge in [-0.1, -0.05) is 24.6 Å². The molecule has 3 spiro atoms. The molecule has 1 saturated carbocycles. The number of epoxide rings is 2. The van der Waals surface area contributed by atoms with Crippen molar-refractivity contribution in [3.05, 3.63) is 35.6 Å². The molecule has 7 rings (SSSR count). The van der Waals surface area contributed by atoms with Crippen LogP contribution in [0.1, 0.15) is 46.0 Å². The third-order valence-corrected chi connectivity index (χ3v) is 10.1. The molecule has 0 amide bonds. The molecule has 4 bridgehead atoms. The average Bonchev–Trinajstić information content (AvgIpc) is 3.76. The van der Waals surface area contributed by atoms with Crippen molar-refractivity contribution < 1.29 is 43.1 Å². The number of aliphatic hydroxyl groups excluding tert-OH is 1. The third kappa shape index (κ3) is 2.80. The summed E-state index contributed by atoms with van der Waals surface area (Å²) in [5.74, 6) is -0.588. The smallest absolute Gasteiger partial charge is 0.338 e. The van der Waals surface area contributed by atoms with Gasteiger partial charge in [-0.05, 0) is 32.3 Å². The second-order valence-electron chi connectivity index (χ2n) is 11.6. The molecular formula is C27H32O9. The van der Waals surface area contributed by atoms with Gasteiger partial charge in [-0.3, -0.25) is 0 Å². The van der Waals surface area contributed by atoms with Crippen LogP contribution in [0.15, 0.2) is 35.6 Å². The van der Waals surface area contributed by atoms with Gasteiger partial charge in [0.1, 0.15) is 35.8 Å². The summed E-state index contributed by atoms with van der Waals surface area (Å²) < 4.78 is 36.3. The highest BCUT2D eigenvalue weighted by Crippen LogP contribution is 2.72. The predicted molar refractivity (Wildman–Crippen MR) is 122 cm³/mol. The van der Waals surface area contributed by atoms with Crippen LogP contribution in [0, 0.1) is 10.8 Å². The van der Waals surface area contributed by atoms with Crippen molar-refractivity contribution in [1.82, 2.24) is 0 Å².